The molecule has 0 bridgehead atoms. The SMILES string of the molecule is CCS(=O)(=O)Nc1ccc(Oc2cc(-n3nc(C)c(C)c3C)ncn2)cc1. The summed E-state index contributed by atoms with van der Waals surface area (Å²) in [6.45, 7) is 7.53. The molecule has 8 nitrogen and oxygen atoms in total. The normalized spacial score (nSPS) is 11.4. The minimum atomic E-state index is -3.31. The minimum absolute atomic E-state index is 0.0146. The van der Waals surface area contributed by atoms with Gasteiger partial charge in [-0.25, -0.2) is 23.1 Å². The average Bonchev–Trinajstić information content (AvgIpc) is 2.91. The molecule has 0 atom stereocenters. The maximum absolute atomic E-state index is 11.6. The number of hydrogen-bond donors (Lipinski definition) is 1. The first-order valence-electron chi connectivity index (χ1n) is 8.42. The van der Waals surface area contributed by atoms with Crippen LogP contribution in [0.25, 0.3) is 5.82 Å². The van der Waals surface area contributed by atoms with Gasteiger partial charge in [-0.3, -0.25) is 4.72 Å². The van der Waals surface area contributed by atoms with Crippen LogP contribution in [0.1, 0.15) is 23.9 Å². The topological polar surface area (TPSA) is 99.0 Å². The molecule has 0 saturated heterocycles. The Morgan fingerprint density at radius 3 is 2.41 bits per heavy atom. The third kappa shape index (κ3) is 4.25. The van der Waals surface area contributed by atoms with Crippen LogP contribution in [0.2, 0.25) is 0 Å². The van der Waals surface area contributed by atoms with Crippen LogP contribution >= 0.6 is 0 Å². The largest absolute Gasteiger partial charge is 0.439 e. The molecule has 2 aromatic heterocycles. The maximum Gasteiger partial charge on any atom is 0.232 e. The van der Waals surface area contributed by atoms with E-state index in [0.29, 0.717) is 23.1 Å². The van der Waals surface area contributed by atoms with Crippen LogP contribution in [0, 0.1) is 20.8 Å². The Bertz CT molecular complexity index is 1060. The van der Waals surface area contributed by atoms with Gasteiger partial charge in [-0.2, -0.15) is 5.10 Å². The van der Waals surface area contributed by atoms with E-state index >= 15 is 0 Å². The standard InChI is InChI=1S/C18H21N5O3S/c1-5-27(24,25)22-15-6-8-16(9-7-15)26-18-10-17(19-11-20-18)23-14(4)12(2)13(3)21-23/h6-11,22H,5H2,1-4H3. The van der Waals surface area contributed by atoms with Gasteiger partial charge in [0.2, 0.25) is 15.9 Å². The van der Waals surface area contributed by atoms with Gasteiger partial charge in [0.05, 0.1) is 11.4 Å². The second kappa shape index (κ2) is 7.36. The molecule has 0 aliphatic heterocycles. The zero-order valence-electron chi connectivity index (χ0n) is 15.6. The number of aryl methyl sites for hydroxylation is 1. The molecule has 0 amide bonds. The van der Waals surface area contributed by atoms with E-state index in [0.717, 1.165) is 17.0 Å². The van der Waals surface area contributed by atoms with Gasteiger partial charge in [0.25, 0.3) is 0 Å². The molecule has 3 rings (SSSR count). The van der Waals surface area contributed by atoms with Crippen molar-refractivity contribution >= 4 is 15.7 Å². The summed E-state index contributed by atoms with van der Waals surface area (Å²) in [4.78, 5) is 8.39. The smallest absolute Gasteiger partial charge is 0.232 e. The van der Waals surface area contributed by atoms with E-state index in [9.17, 15) is 8.42 Å². The van der Waals surface area contributed by atoms with Crippen molar-refractivity contribution in [3.63, 3.8) is 0 Å². The fourth-order valence-electron chi connectivity index (χ4n) is 2.41. The molecule has 9 heteroatoms. The first kappa shape index (κ1) is 18.8. The lowest BCUT2D eigenvalue weighted by atomic mass is 10.2. The number of nitrogens with zero attached hydrogens (tertiary/aromatic N) is 4. The molecular formula is C18H21N5O3S. The fourth-order valence-corrected chi connectivity index (χ4v) is 3.05. The predicted molar refractivity (Wildman–Crippen MR) is 103 cm³/mol. The number of hydrogen-bond acceptors (Lipinski definition) is 6. The maximum atomic E-state index is 11.6. The van der Waals surface area contributed by atoms with Crippen molar-refractivity contribution in [3.8, 4) is 17.4 Å². The second-order valence-electron chi connectivity index (χ2n) is 6.05. The number of anilines is 1. The van der Waals surface area contributed by atoms with Crippen molar-refractivity contribution in [1.82, 2.24) is 19.7 Å². The first-order valence-corrected chi connectivity index (χ1v) is 10.1. The highest BCUT2D eigenvalue weighted by molar-refractivity contribution is 7.92. The first-order chi connectivity index (χ1) is 12.8. The number of ether oxygens (including phenoxy) is 1. The van der Waals surface area contributed by atoms with Crippen molar-refractivity contribution in [2.45, 2.75) is 27.7 Å². The Morgan fingerprint density at radius 1 is 1.11 bits per heavy atom. The van der Waals surface area contributed by atoms with Crippen molar-refractivity contribution in [3.05, 3.63) is 53.6 Å². The lowest BCUT2D eigenvalue weighted by Gasteiger charge is -2.09. The van der Waals surface area contributed by atoms with Crippen LogP contribution < -0.4 is 9.46 Å². The van der Waals surface area contributed by atoms with Crippen molar-refractivity contribution in [2.75, 3.05) is 10.5 Å². The molecule has 0 radical (unpaired) electrons. The van der Waals surface area contributed by atoms with Gasteiger partial charge in [0, 0.05) is 17.4 Å². The van der Waals surface area contributed by atoms with Crippen molar-refractivity contribution in [1.29, 1.82) is 0 Å². The molecule has 0 aliphatic rings. The number of rotatable bonds is 6. The van der Waals surface area contributed by atoms with Crippen LogP contribution in [-0.4, -0.2) is 33.9 Å². The number of nitrogens with one attached hydrogen (secondary N) is 1. The summed E-state index contributed by atoms with van der Waals surface area (Å²) >= 11 is 0. The summed E-state index contributed by atoms with van der Waals surface area (Å²) in [7, 11) is -3.31. The van der Waals surface area contributed by atoms with E-state index in [1.165, 1.54) is 6.33 Å². The Balaban J connectivity index is 1.79. The highest BCUT2D eigenvalue weighted by atomic mass is 32.2. The van der Waals surface area contributed by atoms with E-state index < -0.39 is 10.0 Å². The number of benzene rings is 1. The van der Waals surface area contributed by atoms with Crippen molar-refractivity contribution < 1.29 is 13.2 Å². The third-order valence-electron chi connectivity index (χ3n) is 4.23. The molecule has 2 heterocycles. The van der Waals surface area contributed by atoms with Gasteiger partial charge >= 0.3 is 0 Å². The van der Waals surface area contributed by atoms with E-state index in [1.54, 1.807) is 41.9 Å². The van der Waals surface area contributed by atoms with E-state index in [-0.39, 0.29) is 5.75 Å². The summed E-state index contributed by atoms with van der Waals surface area (Å²) in [5.41, 5.74) is 3.54. The van der Waals surface area contributed by atoms with Crippen molar-refractivity contribution in [2.24, 2.45) is 0 Å². The van der Waals surface area contributed by atoms with Crippen LogP contribution in [0.4, 0.5) is 5.69 Å². The van der Waals surface area contributed by atoms with E-state index in [2.05, 4.69) is 19.8 Å². The Labute approximate surface area is 158 Å². The van der Waals surface area contributed by atoms with Gasteiger partial charge in [-0.15, -0.1) is 0 Å². The van der Waals surface area contributed by atoms with Gasteiger partial charge in [0.15, 0.2) is 5.82 Å². The van der Waals surface area contributed by atoms with Crippen LogP contribution in [-0.2, 0) is 10.0 Å². The van der Waals surface area contributed by atoms with Crippen LogP contribution in [0.15, 0.2) is 36.7 Å². The highest BCUT2D eigenvalue weighted by Gasteiger charge is 2.12. The van der Waals surface area contributed by atoms with Crippen LogP contribution in [0.3, 0.4) is 0 Å². The van der Waals surface area contributed by atoms with Gasteiger partial charge in [-0.05, 0) is 57.5 Å². The van der Waals surface area contributed by atoms with Gasteiger partial charge in [-0.1, -0.05) is 0 Å². The monoisotopic (exact) mass is 387 g/mol. The Kier molecular flexibility index (Phi) is 5.13. The Morgan fingerprint density at radius 2 is 1.81 bits per heavy atom. The molecule has 0 spiro atoms. The zero-order valence-corrected chi connectivity index (χ0v) is 16.4. The van der Waals surface area contributed by atoms with E-state index in [1.807, 2.05) is 20.8 Å². The van der Waals surface area contributed by atoms with Gasteiger partial charge < -0.3 is 4.74 Å². The molecule has 3 aromatic rings. The quantitative estimate of drug-likeness (QED) is 0.698. The van der Waals surface area contributed by atoms with Gasteiger partial charge in [0.1, 0.15) is 12.1 Å². The molecule has 0 fully saturated rings. The summed E-state index contributed by atoms with van der Waals surface area (Å²) in [6.07, 6.45) is 1.42. The molecule has 1 N–H and O–H groups in total. The minimum Gasteiger partial charge on any atom is -0.439 e. The molecule has 142 valence electrons. The average molecular weight is 387 g/mol. The third-order valence-corrected chi connectivity index (χ3v) is 5.53. The molecular weight excluding hydrogens is 366 g/mol. The summed E-state index contributed by atoms with van der Waals surface area (Å²) in [5.74, 6) is 1.53. The van der Waals surface area contributed by atoms with Crippen LogP contribution in [0.5, 0.6) is 11.6 Å². The van der Waals surface area contributed by atoms with E-state index in [4.69, 9.17) is 4.74 Å². The second-order valence-corrected chi connectivity index (χ2v) is 8.06. The molecule has 0 aliphatic carbocycles. The highest BCUT2D eigenvalue weighted by Crippen LogP contribution is 2.23. The lowest BCUT2D eigenvalue weighted by Crippen LogP contribution is -2.14. The zero-order chi connectivity index (χ0) is 19.6. The lowest BCUT2D eigenvalue weighted by molar-refractivity contribution is 0.460. The fraction of sp³-hybridized carbons (Fsp3) is 0.278. The molecule has 0 unspecified atom stereocenters. The molecule has 1 aromatic carbocycles. The predicted octanol–water partition coefficient (Wildman–Crippen LogP) is 3.14. The molecule has 27 heavy (non-hydrogen) atoms. The summed E-state index contributed by atoms with van der Waals surface area (Å²) in [6, 6.07) is 8.31. The Hall–Kier alpha value is -2.94. The summed E-state index contributed by atoms with van der Waals surface area (Å²) < 4.78 is 33.2. The number of aromatic nitrogens is 4. The number of sulfonamides is 1. The summed E-state index contributed by atoms with van der Waals surface area (Å²) in [5, 5.41) is 4.49. The molecule has 0 saturated carbocycles.